The minimum absolute atomic E-state index is 0.0781. The molecule has 1 aromatic rings. The van der Waals surface area contributed by atoms with Crippen LogP contribution in [-0.2, 0) is 0 Å². The normalized spacial score (nSPS) is 10.0. The van der Waals surface area contributed by atoms with Gasteiger partial charge in [0.05, 0.1) is 12.2 Å². The van der Waals surface area contributed by atoms with Gasteiger partial charge in [-0.3, -0.25) is 4.79 Å². The van der Waals surface area contributed by atoms with Crippen LogP contribution in [0.5, 0.6) is 0 Å². The summed E-state index contributed by atoms with van der Waals surface area (Å²) in [6, 6.07) is 5.33. The van der Waals surface area contributed by atoms with Gasteiger partial charge in [0.1, 0.15) is 0 Å². The van der Waals surface area contributed by atoms with E-state index in [9.17, 15) is 4.79 Å². The molecule has 17 heavy (non-hydrogen) atoms. The molecule has 0 fully saturated rings. The molecule has 1 rings (SSSR count). The highest BCUT2D eigenvalue weighted by Gasteiger charge is 2.16. The van der Waals surface area contributed by atoms with E-state index in [-0.39, 0.29) is 19.1 Å². The monoisotopic (exact) mass is 234 g/mol. The lowest BCUT2D eigenvalue weighted by Crippen LogP contribution is -2.34. The van der Waals surface area contributed by atoms with Crippen molar-refractivity contribution in [3.05, 3.63) is 42.0 Å². The van der Waals surface area contributed by atoms with Gasteiger partial charge >= 0.3 is 0 Å². The first kappa shape index (κ1) is 13.3. The van der Waals surface area contributed by atoms with Crippen molar-refractivity contribution in [2.75, 3.05) is 25.4 Å². The molecule has 0 saturated carbocycles. The maximum absolute atomic E-state index is 12.2. The maximum atomic E-state index is 12.2. The van der Waals surface area contributed by atoms with Crippen LogP contribution >= 0.6 is 0 Å². The number of benzene rings is 1. The van der Waals surface area contributed by atoms with Gasteiger partial charge in [-0.1, -0.05) is 17.7 Å². The van der Waals surface area contributed by atoms with Crippen molar-refractivity contribution in [3.63, 3.8) is 0 Å². The third-order valence-corrected chi connectivity index (χ3v) is 2.45. The van der Waals surface area contributed by atoms with Gasteiger partial charge in [-0.05, 0) is 19.1 Å². The second-order valence-electron chi connectivity index (χ2n) is 3.85. The molecule has 4 heteroatoms. The molecule has 0 atom stereocenters. The topological polar surface area (TPSA) is 66.6 Å². The molecule has 1 amide bonds. The summed E-state index contributed by atoms with van der Waals surface area (Å²) >= 11 is 0. The van der Waals surface area contributed by atoms with Gasteiger partial charge in [0.2, 0.25) is 0 Å². The molecular formula is C13H18N2O2. The van der Waals surface area contributed by atoms with Crippen molar-refractivity contribution in [1.29, 1.82) is 0 Å². The van der Waals surface area contributed by atoms with Crippen molar-refractivity contribution in [1.82, 2.24) is 4.90 Å². The zero-order valence-corrected chi connectivity index (χ0v) is 10.0. The van der Waals surface area contributed by atoms with Gasteiger partial charge in [-0.15, -0.1) is 6.58 Å². The van der Waals surface area contributed by atoms with E-state index >= 15 is 0 Å². The average Bonchev–Trinajstić information content (AvgIpc) is 2.31. The zero-order valence-electron chi connectivity index (χ0n) is 10.0. The number of hydrogen-bond donors (Lipinski definition) is 2. The Bertz CT molecular complexity index is 416. The molecule has 0 saturated heterocycles. The van der Waals surface area contributed by atoms with Crippen LogP contribution in [0, 0.1) is 6.92 Å². The molecule has 0 aromatic heterocycles. The van der Waals surface area contributed by atoms with Crippen LogP contribution in [0.2, 0.25) is 0 Å². The van der Waals surface area contributed by atoms with Crippen LogP contribution in [0.15, 0.2) is 30.9 Å². The van der Waals surface area contributed by atoms with E-state index in [0.717, 1.165) is 5.56 Å². The van der Waals surface area contributed by atoms with Crippen LogP contribution in [0.25, 0.3) is 0 Å². The molecule has 3 N–H and O–H groups in total. The summed E-state index contributed by atoms with van der Waals surface area (Å²) in [5.74, 6) is -0.180. The van der Waals surface area contributed by atoms with Crippen LogP contribution < -0.4 is 5.73 Å². The first-order valence-corrected chi connectivity index (χ1v) is 5.47. The van der Waals surface area contributed by atoms with E-state index in [1.165, 1.54) is 4.90 Å². The summed E-state index contributed by atoms with van der Waals surface area (Å²) in [6.45, 7) is 6.09. The first-order valence-electron chi connectivity index (χ1n) is 5.47. The van der Waals surface area contributed by atoms with Crippen LogP contribution in [0.3, 0.4) is 0 Å². The summed E-state index contributed by atoms with van der Waals surface area (Å²) in [5.41, 5.74) is 7.69. The number of nitrogens with two attached hydrogens (primary N) is 1. The predicted octanol–water partition coefficient (Wildman–Crippen LogP) is 1.20. The number of hydrogen-bond acceptors (Lipinski definition) is 3. The largest absolute Gasteiger partial charge is 0.398 e. The van der Waals surface area contributed by atoms with Crippen molar-refractivity contribution in [2.24, 2.45) is 0 Å². The summed E-state index contributed by atoms with van der Waals surface area (Å²) in [4.78, 5) is 13.7. The summed E-state index contributed by atoms with van der Waals surface area (Å²) in [5, 5.41) is 8.92. The Morgan fingerprint density at radius 1 is 1.59 bits per heavy atom. The standard InChI is InChI=1S/C13H18N2O2/c1-3-6-15(7-8-16)13(17)11-9-10(2)4-5-12(11)14/h3-5,9,16H,1,6-8,14H2,2H3. The molecule has 0 aliphatic carbocycles. The molecule has 0 unspecified atom stereocenters. The van der Waals surface area contributed by atoms with Crippen molar-refractivity contribution in [3.8, 4) is 0 Å². The van der Waals surface area contributed by atoms with Crippen molar-refractivity contribution >= 4 is 11.6 Å². The second kappa shape index (κ2) is 6.06. The Morgan fingerprint density at radius 2 is 2.29 bits per heavy atom. The molecule has 4 nitrogen and oxygen atoms in total. The highest BCUT2D eigenvalue weighted by molar-refractivity contribution is 5.99. The number of nitrogen functional groups attached to an aromatic ring is 1. The number of carbonyl (C=O) groups is 1. The lowest BCUT2D eigenvalue weighted by atomic mass is 10.1. The fraction of sp³-hybridized carbons (Fsp3) is 0.308. The number of rotatable bonds is 5. The summed E-state index contributed by atoms with van der Waals surface area (Å²) in [7, 11) is 0. The number of amides is 1. The number of nitrogens with zero attached hydrogens (tertiary/aromatic N) is 1. The zero-order chi connectivity index (χ0) is 12.8. The minimum Gasteiger partial charge on any atom is -0.398 e. The third-order valence-electron chi connectivity index (χ3n) is 2.45. The average molecular weight is 234 g/mol. The highest BCUT2D eigenvalue weighted by atomic mass is 16.3. The maximum Gasteiger partial charge on any atom is 0.256 e. The number of aliphatic hydroxyl groups is 1. The fourth-order valence-corrected chi connectivity index (χ4v) is 1.58. The summed E-state index contributed by atoms with van der Waals surface area (Å²) in [6.07, 6.45) is 1.62. The Balaban J connectivity index is 2.99. The third kappa shape index (κ3) is 3.32. The molecule has 0 spiro atoms. The Hall–Kier alpha value is -1.81. The van der Waals surface area contributed by atoms with Gasteiger partial charge in [-0.25, -0.2) is 0 Å². The molecular weight excluding hydrogens is 216 g/mol. The minimum atomic E-state index is -0.180. The van der Waals surface area contributed by atoms with E-state index in [1.807, 2.05) is 13.0 Å². The molecule has 0 radical (unpaired) electrons. The molecule has 0 aliphatic heterocycles. The van der Waals surface area contributed by atoms with E-state index in [4.69, 9.17) is 10.8 Å². The SMILES string of the molecule is C=CCN(CCO)C(=O)c1cc(C)ccc1N. The highest BCUT2D eigenvalue weighted by Crippen LogP contribution is 2.16. The van der Waals surface area contributed by atoms with Crippen molar-refractivity contribution in [2.45, 2.75) is 6.92 Å². The second-order valence-corrected chi connectivity index (χ2v) is 3.85. The van der Waals surface area contributed by atoms with Crippen LogP contribution in [0.1, 0.15) is 15.9 Å². The number of aryl methyl sites for hydroxylation is 1. The van der Waals surface area contributed by atoms with Gasteiger partial charge in [0.15, 0.2) is 0 Å². The Kier molecular flexibility index (Phi) is 4.72. The molecule has 0 heterocycles. The summed E-state index contributed by atoms with van der Waals surface area (Å²) < 4.78 is 0. The van der Waals surface area contributed by atoms with Gasteiger partial charge < -0.3 is 15.7 Å². The number of anilines is 1. The fourth-order valence-electron chi connectivity index (χ4n) is 1.58. The van der Waals surface area contributed by atoms with E-state index in [2.05, 4.69) is 6.58 Å². The van der Waals surface area contributed by atoms with E-state index < -0.39 is 0 Å². The Morgan fingerprint density at radius 3 is 2.88 bits per heavy atom. The lowest BCUT2D eigenvalue weighted by molar-refractivity contribution is 0.0744. The molecule has 0 aliphatic rings. The number of aliphatic hydroxyl groups excluding tert-OH is 1. The van der Waals surface area contributed by atoms with E-state index in [0.29, 0.717) is 17.8 Å². The molecule has 92 valence electrons. The first-order chi connectivity index (χ1) is 8.10. The van der Waals surface area contributed by atoms with Gasteiger partial charge in [0, 0.05) is 18.8 Å². The van der Waals surface area contributed by atoms with Crippen LogP contribution in [-0.4, -0.2) is 35.6 Å². The lowest BCUT2D eigenvalue weighted by Gasteiger charge is -2.21. The van der Waals surface area contributed by atoms with Crippen LogP contribution in [0.4, 0.5) is 5.69 Å². The van der Waals surface area contributed by atoms with E-state index in [1.54, 1.807) is 18.2 Å². The van der Waals surface area contributed by atoms with Gasteiger partial charge in [0.25, 0.3) is 5.91 Å². The smallest absolute Gasteiger partial charge is 0.256 e. The van der Waals surface area contributed by atoms with Crippen molar-refractivity contribution < 1.29 is 9.90 Å². The Labute approximate surface area is 101 Å². The number of carbonyl (C=O) groups excluding carboxylic acids is 1. The predicted molar refractivity (Wildman–Crippen MR) is 68.8 cm³/mol. The quantitative estimate of drug-likeness (QED) is 0.594. The van der Waals surface area contributed by atoms with Gasteiger partial charge in [-0.2, -0.15) is 0 Å². The molecule has 1 aromatic carbocycles. The molecule has 0 bridgehead atoms.